The van der Waals surface area contributed by atoms with Gasteiger partial charge in [0.15, 0.2) is 0 Å². The van der Waals surface area contributed by atoms with Crippen molar-refractivity contribution in [1.82, 2.24) is 5.32 Å². The van der Waals surface area contributed by atoms with Gasteiger partial charge in [0, 0.05) is 22.3 Å². The number of rotatable bonds is 8. The fourth-order valence-electron chi connectivity index (χ4n) is 2.75. The molecule has 118 valence electrons. The fourth-order valence-corrected chi connectivity index (χ4v) is 4.07. The maximum atomic E-state index is 10.0. The zero-order valence-electron chi connectivity index (χ0n) is 12.5. The zero-order chi connectivity index (χ0) is 15.1. The topological polar surface area (TPSA) is 41.5 Å². The number of ether oxygens (including phenoxy) is 1. The van der Waals surface area contributed by atoms with E-state index in [4.69, 9.17) is 4.74 Å². The second kappa shape index (κ2) is 8.42. The molecule has 5 heteroatoms. The highest BCUT2D eigenvalue weighted by atomic mass is 79.9. The lowest BCUT2D eigenvalue weighted by Gasteiger charge is -2.27. The van der Waals surface area contributed by atoms with Gasteiger partial charge < -0.3 is 15.2 Å². The van der Waals surface area contributed by atoms with Gasteiger partial charge in [-0.25, -0.2) is 0 Å². The Kier molecular flexibility index (Phi) is 6.86. The molecule has 21 heavy (non-hydrogen) atoms. The fraction of sp³-hybridized carbons (Fsp3) is 0.625. The number of thioether (sulfide) groups is 1. The summed E-state index contributed by atoms with van der Waals surface area (Å²) in [6.07, 6.45) is 6.94. The van der Waals surface area contributed by atoms with Crippen LogP contribution < -0.4 is 10.1 Å². The van der Waals surface area contributed by atoms with Crippen molar-refractivity contribution in [2.75, 3.05) is 26.0 Å². The van der Waals surface area contributed by atoms with Crippen molar-refractivity contribution >= 4 is 27.7 Å². The van der Waals surface area contributed by atoms with Crippen LogP contribution in [0.2, 0.25) is 0 Å². The minimum absolute atomic E-state index is 0.315. The maximum Gasteiger partial charge on any atom is 0.120 e. The Morgan fingerprint density at radius 1 is 1.43 bits per heavy atom. The summed E-state index contributed by atoms with van der Waals surface area (Å²) in [5.41, 5.74) is 0. The zero-order valence-corrected chi connectivity index (χ0v) is 14.9. The summed E-state index contributed by atoms with van der Waals surface area (Å²) in [7, 11) is 0. The quantitative estimate of drug-likeness (QED) is 0.731. The van der Waals surface area contributed by atoms with Crippen molar-refractivity contribution < 1.29 is 9.84 Å². The average Bonchev–Trinajstić information content (AvgIpc) is 2.95. The van der Waals surface area contributed by atoms with E-state index in [1.807, 2.05) is 36.0 Å². The third-order valence-electron chi connectivity index (χ3n) is 4.01. The third kappa shape index (κ3) is 5.47. The van der Waals surface area contributed by atoms with Crippen LogP contribution in [0.5, 0.6) is 5.75 Å². The van der Waals surface area contributed by atoms with Crippen LogP contribution in [-0.4, -0.2) is 41.9 Å². The van der Waals surface area contributed by atoms with Crippen LogP contribution in [0.3, 0.4) is 0 Å². The monoisotopic (exact) mass is 373 g/mol. The molecule has 2 N–H and O–H groups in total. The molecule has 0 aliphatic heterocycles. The van der Waals surface area contributed by atoms with E-state index < -0.39 is 6.10 Å². The van der Waals surface area contributed by atoms with Crippen molar-refractivity contribution in [3.05, 3.63) is 28.7 Å². The summed E-state index contributed by atoms with van der Waals surface area (Å²) in [4.78, 5) is 0. The summed E-state index contributed by atoms with van der Waals surface area (Å²) < 4.78 is 6.96. The van der Waals surface area contributed by atoms with Crippen LogP contribution in [0.15, 0.2) is 28.7 Å². The number of benzene rings is 1. The van der Waals surface area contributed by atoms with Gasteiger partial charge in [0.05, 0.1) is 0 Å². The van der Waals surface area contributed by atoms with Crippen LogP contribution in [0.4, 0.5) is 0 Å². The molecule has 0 amide bonds. The number of aliphatic hydroxyl groups excluding tert-OH is 1. The largest absolute Gasteiger partial charge is 0.491 e. The first kappa shape index (κ1) is 17.1. The first-order chi connectivity index (χ1) is 10.1. The van der Waals surface area contributed by atoms with Crippen molar-refractivity contribution in [3.8, 4) is 5.75 Å². The van der Waals surface area contributed by atoms with Gasteiger partial charge in [-0.1, -0.05) is 34.8 Å². The van der Waals surface area contributed by atoms with Gasteiger partial charge in [0.25, 0.3) is 0 Å². The lowest BCUT2D eigenvalue weighted by molar-refractivity contribution is 0.106. The minimum atomic E-state index is -0.482. The number of halogens is 1. The molecular formula is C16H24BrNO2S. The molecule has 0 aromatic heterocycles. The summed E-state index contributed by atoms with van der Waals surface area (Å²) in [5.74, 6) is 0.778. The molecule has 1 aromatic rings. The number of aliphatic hydroxyl groups is 1. The lowest BCUT2D eigenvalue weighted by Crippen LogP contribution is -2.40. The summed E-state index contributed by atoms with van der Waals surface area (Å²) in [6.45, 7) is 1.87. The SMILES string of the molecule is CSC1(CNCC(O)COc2cccc(Br)c2)CCCC1. The van der Waals surface area contributed by atoms with Gasteiger partial charge in [-0.3, -0.25) is 0 Å². The first-order valence-electron chi connectivity index (χ1n) is 7.46. The molecule has 2 rings (SSSR count). The van der Waals surface area contributed by atoms with Crippen molar-refractivity contribution in [2.45, 2.75) is 36.5 Å². The van der Waals surface area contributed by atoms with Gasteiger partial charge in [-0.05, 0) is 37.3 Å². The maximum absolute atomic E-state index is 10.0. The van der Waals surface area contributed by atoms with Gasteiger partial charge in [-0.2, -0.15) is 11.8 Å². The molecule has 0 bridgehead atoms. The Bertz CT molecular complexity index is 438. The van der Waals surface area contributed by atoms with Crippen LogP contribution in [-0.2, 0) is 0 Å². The molecule has 1 atom stereocenters. The van der Waals surface area contributed by atoms with E-state index in [1.54, 1.807) is 0 Å². The number of hydrogen-bond acceptors (Lipinski definition) is 4. The van der Waals surface area contributed by atoms with E-state index in [2.05, 4.69) is 27.5 Å². The molecule has 1 aliphatic carbocycles. The molecular weight excluding hydrogens is 350 g/mol. The summed E-state index contributed by atoms with van der Waals surface area (Å²) in [5, 5.41) is 13.4. The molecule has 1 fully saturated rings. The second-order valence-corrected chi connectivity index (χ2v) is 7.84. The van der Waals surface area contributed by atoms with E-state index in [0.717, 1.165) is 16.8 Å². The van der Waals surface area contributed by atoms with E-state index in [1.165, 1.54) is 25.7 Å². The molecule has 1 aromatic carbocycles. The average molecular weight is 374 g/mol. The Balaban J connectivity index is 1.66. The predicted octanol–water partition coefficient (Wildman–Crippen LogP) is 3.45. The van der Waals surface area contributed by atoms with E-state index in [9.17, 15) is 5.11 Å². The molecule has 1 aliphatic rings. The summed E-state index contributed by atoms with van der Waals surface area (Å²) >= 11 is 5.37. The number of hydrogen-bond donors (Lipinski definition) is 2. The standard InChI is InChI=1S/C16H24BrNO2S/c1-21-16(7-2-3-8-16)12-18-10-14(19)11-20-15-6-4-5-13(17)9-15/h4-6,9,14,18-19H,2-3,7-8,10-12H2,1H3. The highest BCUT2D eigenvalue weighted by Crippen LogP contribution is 2.39. The van der Waals surface area contributed by atoms with Gasteiger partial charge >= 0.3 is 0 Å². The molecule has 3 nitrogen and oxygen atoms in total. The molecule has 0 spiro atoms. The highest BCUT2D eigenvalue weighted by molar-refractivity contribution is 9.10. The van der Waals surface area contributed by atoms with Crippen LogP contribution in [0.1, 0.15) is 25.7 Å². The van der Waals surface area contributed by atoms with Crippen LogP contribution in [0.25, 0.3) is 0 Å². The molecule has 1 unspecified atom stereocenters. The second-order valence-electron chi connectivity index (χ2n) is 5.65. The number of nitrogens with one attached hydrogen (secondary N) is 1. The van der Waals surface area contributed by atoms with E-state index in [-0.39, 0.29) is 0 Å². The Labute approximate surface area is 140 Å². The minimum Gasteiger partial charge on any atom is -0.491 e. The highest BCUT2D eigenvalue weighted by Gasteiger charge is 2.32. The van der Waals surface area contributed by atoms with Gasteiger partial charge in [-0.15, -0.1) is 0 Å². The van der Waals surface area contributed by atoms with E-state index in [0.29, 0.717) is 17.9 Å². The van der Waals surface area contributed by atoms with Gasteiger partial charge in [0.1, 0.15) is 18.5 Å². The lowest BCUT2D eigenvalue weighted by atomic mass is 10.1. The Morgan fingerprint density at radius 3 is 2.86 bits per heavy atom. The van der Waals surface area contributed by atoms with Crippen molar-refractivity contribution in [2.24, 2.45) is 0 Å². The third-order valence-corrected chi connectivity index (χ3v) is 5.93. The van der Waals surface area contributed by atoms with Gasteiger partial charge in [0.2, 0.25) is 0 Å². The molecule has 0 saturated heterocycles. The molecule has 0 heterocycles. The van der Waals surface area contributed by atoms with Crippen LogP contribution in [0, 0.1) is 0 Å². The Hall–Kier alpha value is -0.230. The Morgan fingerprint density at radius 2 is 2.19 bits per heavy atom. The first-order valence-corrected chi connectivity index (χ1v) is 9.48. The smallest absolute Gasteiger partial charge is 0.120 e. The van der Waals surface area contributed by atoms with E-state index >= 15 is 0 Å². The van der Waals surface area contributed by atoms with Crippen molar-refractivity contribution in [3.63, 3.8) is 0 Å². The molecule has 1 saturated carbocycles. The van der Waals surface area contributed by atoms with Crippen LogP contribution >= 0.6 is 27.7 Å². The molecule has 0 radical (unpaired) electrons. The summed E-state index contributed by atoms with van der Waals surface area (Å²) in [6, 6.07) is 7.67. The predicted molar refractivity (Wildman–Crippen MR) is 93.2 cm³/mol. The van der Waals surface area contributed by atoms with Crippen molar-refractivity contribution in [1.29, 1.82) is 0 Å². The normalized spacial score (nSPS) is 18.6.